The van der Waals surface area contributed by atoms with Crippen molar-refractivity contribution in [1.82, 2.24) is 0 Å². The summed E-state index contributed by atoms with van der Waals surface area (Å²) in [6.07, 6.45) is 0. The van der Waals surface area contributed by atoms with Crippen LogP contribution in [0.4, 0.5) is 5.69 Å². The minimum atomic E-state index is 0.214. The molecular formula is C17H19NO2. The van der Waals surface area contributed by atoms with Gasteiger partial charge in [0.15, 0.2) is 11.5 Å². The van der Waals surface area contributed by atoms with Crippen LogP contribution in [0.2, 0.25) is 0 Å². The minimum Gasteiger partial charge on any atom is -0.454 e. The average Bonchev–Trinajstić information content (AvgIpc) is 2.84. The van der Waals surface area contributed by atoms with E-state index < -0.39 is 0 Å². The number of rotatable bonds is 3. The lowest BCUT2D eigenvalue weighted by atomic mass is 10.1. The molecule has 0 bridgehead atoms. The molecule has 0 aromatic heterocycles. The van der Waals surface area contributed by atoms with E-state index in [4.69, 9.17) is 9.47 Å². The summed E-state index contributed by atoms with van der Waals surface area (Å²) in [6, 6.07) is 12.8. The van der Waals surface area contributed by atoms with Crippen LogP contribution in [0.15, 0.2) is 36.4 Å². The zero-order chi connectivity index (χ0) is 14.1. The number of hydrogen-bond donors (Lipinski definition) is 1. The third-order valence-electron chi connectivity index (χ3n) is 3.50. The van der Waals surface area contributed by atoms with Crippen LogP contribution in [0.1, 0.15) is 29.7 Å². The highest BCUT2D eigenvalue weighted by Gasteiger charge is 2.15. The van der Waals surface area contributed by atoms with Crippen molar-refractivity contribution < 1.29 is 9.47 Å². The molecule has 1 aliphatic heterocycles. The second-order valence-electron chi connectivity index (χ2n) is 5.36. The molecule has 0 spiro atoms. The molecule has 3 nitrogen and oxygen atoms in total. The van der Waals surface area contributed by atoms with Crippen LogP contribution >= 0.6 is 0 Å². The van der Waals surface area contributed by atoms with Crippen molar-refractivity contribution in [3.05, 3.63) is 53.1 Å². The van der Waals surface area contributed by atoms with Crippen molar-refractivity contribution in [1.29, 1.82) is 0 Å². The van der Waals surface area contributed by atoms with Gasteiger partial charge in [-0.2, -0.15) is 0 Å². The lowest BCUT2D eigenvalue weighted by Crippen LogP contribution is -2.06. The van der Waals surface area contributed by atoms with E-state index in [1.165, 1.54) is 16.7 Å². The Kier molecular flexibility index (Phi) is 3.26. The molecule has 1 unspecified atom stereocenters. The summed E-state index contributed by atoms with van der Waals surface area (Å²) in [7, 11) is 0. The Morgan fingerprint density at radius 3 is 2.40 bits per heavy atom. The van der Waals surface area contributed by atoms with Crippen LogP contribution in [0.3, 0.4) is 0 Å². The van der Waals surface area contributed by atoms with E-state index in [1.807, 2.05) is 12.1 Å². The van der Waals surface area contributed by atoms with Gasteiger partial charge >= 0.3 is 0 Å². The predicted molar refractivity (Wildman–Crippen MR) is 80.5 cm³/mol. The van der Waals surface area contributed by atoms with Crippen LogP contribution in [0.25, 0.3) is 0 Å². The van der Waals surface area contributed by atoms with Crippen molar-refractivity contribution >= 4 is 5.69 Å². The van der Waals surface area contributed by atoms with Crippen molar-refractivity contribution in [3.8, 4) is 11.5 Å². The molecule has 0 amide bonds. The molecule has 20 heavy (non-hydrogen) atoms. The molecule has 1 atom stereocenters. The Morgan fingerprint density at radius 1 is 0.950 bits per heavy atom. The molecule has 3 heteroatoms. The van der Waals surface area contributed by atoms with E-state index in [0.29, 0.717) is 6.79 Å². The van der Waals surface area contributed by atoms with Gasteiger partial charge < -0.3 is 14.8 Å². The van der Waals surface area contributed by atoms with E-state index in [1.54, 1.807) is 0 Å². The minimum absolute atomic E-state index is 0.214. The first-order chi connectivity index (χ1) is 9.61. The zero-order valence-corrected chi connectivity index (χ0v) is 12.1. The first-order valence-corrected chi connectivity index (χ1v) is 6.86. The number of benzene rings is 2. The van der Waals surface area contributed by atoms with E-state index >= 15 is 0 Å². The molecule has 1 aliphatic rings. The van der Waals surface area contributed by atoms with Gasteiger partial charge in [0.25, 0.3) is 0 Å². The summed E-state index contributed by atoms with van der Waals surface area (Å²) in [5, 5.41) is 3.53. The molecular weight excluding hydrogens is 250 g/mol. The number of anilines is 1. The van der Waals surface area contributed by atoms with Crippen LogP contribution in [-0.2, 0) is 0 Å². The maximum absolute atomic E-state index is 5.43. The predicted octanol–water partition coefficient (Wildman–Crippen LogP) is 4.21. The summed E-state index contributed by atoms with van der Waals surface area (Å²) < 4.78 is 10.8. The molecule has 1 heterocycles. The van der Waals surface area contributed by atoms with Gasteiger partial charge in [-0.05, 0) is 61.7 Å². The Bertz CT molecular complexity index is 617. The second kappa shape index (κ2) is 5.08. The van der Waals surface area contributed by atoms with Crippen LogP contribution < -0.4 is 14.8 Å². The van der Waals surface area contributed by atoms with Crippen LogP contribution in [0, 0.1) is 13.8 Å². The van der Waals surface area contributed by atoms with E-state index in [9.17, 15) is 0 Å². The van der Waals surface area contributed by atoms with Gasteiger partial charge in [-0.1, -0.05) is 12.1 Å². The Balaban J connectivity index is 1.80. The summed E-state index contributed by atoms with van der Waals surface area (Å²) in [5.74, 6) is 1.66. The molecule has 0 radical (unpaired) electrons. The van der Waals surface area contributed by atoms with Crippen molar-refractivity contribution in [2.45, 2.75) is 26.8 Å². The van der Waals surface area contributed by atoms with Gasteiger partial charge in [0.1, 0.15) is 0 Å². The highest BCUT2D eigenvalue weighted by atomic mass is 16.7. The fraction of sp³-hybridized carbons (Fsp3) is 0.294. The molecule has 0 aliphatic carbocycles. The van der Waals surface area contributed by atoms with Gasteiger partial charge in [0, 0.05) is 11.7 Å². The number of fused-ring (bicyclic) bond motifs is 1. The Morgan fingerprint density at radius 2 is 1.65 bits per heavy atom. The lowest BCUT2D eigenvalue weighted by molar-refractivity contribution is 0.174. The normalized spacial score (nSPS) is 14.2. The maximum Gasteiger partial charge on any atom is 0.231 e. The monoisotopic (exact) mass is 269 g/mol. The molecule has 2 aromatic carbocycles. The van der Waals surface area contributed by atoms with E-state index in [-0.39, 0.29) is 6.04 Å². The van der Waals surface area contributed by atoms with Crippen LogP contribution in [0.5, 0.6) is 11.5 Å². The maximum atomic E-state index is 5.43. The van der Waals surface area contributed by atoms with Gasteiger partial charge in [0.05, 0.1) is 0 Å². The van der Waals surface area contributed by atoms with Crippen molar-refractivity contribution in [2.75, 3.05) is 12.1 Å². The highest BCUT2D eigenvalue weighted by Crippen LogP contribution is 2.34. The van der Waals surface area contributed by atoms with Gasteiger partial charge in [0.2, 0.25) is 6.79 Å². The standard InChI is InChI=1S/C17H19NO2/c1-11-6-12(2)8-15(7-11)18-13(3)14-4-5-16-17(9-14)20-10-19-16/h4-9,13,18H,10H2,1-3H3. The van der Waals surface area contributed by atoms with E-state index in [0.717, 1.165) is 17.2 Å². The molecule has 2 aromatic rings. The average molecular weight is 269 g/mol. The molecule has 0 fully saturated rings. The third-order valence-corrected chi connectivity index (χ3v) is 3.50. The fourth-order valence-corrected chi connectivity index (χ4v) is 2.57. The first kappa shape index (κ1) is 12.9. The summed E-state index contributed by atoms with van der Waals surface area (Å²) in [6.45, 7) is 6.69. The van der Waals surface area contributed by atoms with Crippen LogP contribution in [-0.4, -0.2) is 6.79 Å². The smallest absolute Gasteiger partial charge is 0.231 e. The van der Waals surface area contributed by atoms with Gasteiger partial charge in [-0.25, -0.2) is 0 Å². The molecule has 104 valence electrons. The topological polar surface area (TPSA) is 30.5 Å². The summed E-state index contributed by atoms with van der Waals surface area (Å²) in [5.41, 5.74) is 4.87. The number of nitrogens with one attached hydrogen (secondary N) is 1. The molecule has 0 saturated heterocycles. The first-order valence-electron chi connectivity index (χ1n) is 6.86. The lowest BCUT2D eigenvalue weighted by Gasteiger charge is -2.17. The molecule has 0 saturated carbocycles. The fourth-order valence-electron chi connectivity index (χ4n) is 2.57. The molecule has 1 N–H and O–H groups in total. The summed E-state index contributed by atoms with van der Waals surface area (Å²) >= 11 is 0. The number of aryl methyl sites for hydroxylation is 2. The van der Waals surface area contributed by atoms with Crippen molar-refractivity contribution in [3.63, 3.8) is 0 Å². The second-order valence-corrected chi connectivity index (χ2v) is 5.36. The Labute approximate surface area is 119 Å². The quantitative estimate of drug-likeness (QED) is 0.905. The van der Waals surface area contributed by atoms with Crippen molar-refractivity contribution in [2.24, 2.45) is 0 Å². The largest absolute Gasteiger partial charge is 0.454 e. The van der Waals surface area contributed by atoms with Gasteiger partial charge in [-0.15, -0.1) is 0 Å². The summed E-state index contributed by atoms with van der Waals surface area (Å²) in [4.78, 5) is 0. The number of hydrogen-bond acceptors (Lipinski definition) is 3. The highest BCUT2D eigenvalue weighted by molar-refractivity contribution is 5.51. The molecule has 3 rings (SSSR count). The Hall–Kier alpha value is -2.16. The third kappa shape index (κ3) is 2.57. The zero-order valence-electron chi connectivity index (χ0n) is 12.1. The van der Waals surface area contributed by atoms with E-state index in [2.05, 4.69) is 50.4 Å². The SMILES string of the molecule is Cc1cc(C)cc(NC(C)c2ccc3c(c2)OCO3)c1. The number of ether oxygens (including phenoxy) is 2. The van der Waals surface area contributed by atoms with Gasteiger partial charge in [-0.3, -0.25) is 0 Å².